The van der Waals surface area contributed by atoms with Gasteiger partial charge in [0.25, 0.3) is 0 Å². The van der Waals surface area contributed by atoms with Gasteiger partial charge in [-0.3, -0.25) is 4.79 Å². The highest BCUT2D eigenvalue weighted by Crippen LogP contribution is 2.58. The Balaban J connectivity index is 1.94. The first-order chi connectivity index (χ1) is 8.85. The van der Waals surface area contributed by atoms with Gasteiger partial charge in [0.2, 0.25) is 5.91 Å². The number of hydrogen-bond donors (Lipinski definition) is 3. The van der Waals surface area contributed by atoms with Crippen LogP contribution in [0.3, 0.4) is 0 Å². The van der Waals surface area contributed by atoms with Crippen molar-refractivity contribution in [3.8, 4) is 0 Å². The Bertz CT molecular complexity index is 359. The van der Waals surface area contributed by atoms with Crippen LogP contribution in [-0.2, 0) is 9.53 Å². The van der Waals surface area contributed by atoms with Crippen LogP contribution in [-0.4, -0.2) is 41.9 Å². The lowest BCUT2D eigenvalue weighted by atomic mass is 9.48. The molecule has 0 radical (unpaired) electrons. The van der Waals surface area contributed by atoms with E-state index in [0.717, 1.165) is 6.42 Å². The van der Waals surface area contributed by atoms with Crippen LogP contribution in [0.1, 0.15) is 40.0 Å². The van der Waals surface area contributed by atoms with Crippen molar-refractivity contribution >= 4 is 5.91 Å². The third kappa shape index (κ3) is 2.08. The van der Waals surface area contributed by atoms with E-state index in [1.165, 1.54) is 0 Å². The van der Waals surface area contributed by atoms with Crippen molar-refractivity contribution in [1.82, 2.24) is 5.32 Å². The minimum atomic E-state index is -0.842. The fourth-order valence-electron chi connectivity index (χ4n) is 3.55. The summed E-state index contributed by atoms with van der Waals surface area (Å²) >= 11 is 0. The maximum absolute atomic E-state index is 12.4. The topological polar surface area (TPSA) is 84.6 Å². The molecule has 5 nitrogen and oxygen atoms in total. The van der Waals surface area contributed by atoms with Gasteiger partial charge in [-0.05, 0) is 19.3 Å². The summed E-state index contributed by atoms with van der Waals surface area (Å²) in [5.41, 5.74) is 5.23. The Hall–Kier alpha value is -0.650. The van der Waals surface area contributed by atoms with Crippen LogP contribution in [0, 0.1) is 11.3 Å². The molecule has 0 aromatic rings. The van der Waals surface area contributed by atoms with Crippen LogP contribution in [0.4, 0.5) is 0 Å². The Morgan fingerprint density at radius 1 is 1.58 bits per heavy atom. The van der Waals surface area contributed by atoms with Gasteiger partial charge < -0.3 is 20.9 Å². The predicted octanol–water partition coefficient (Wildman–Crippen LogP) is 0.406. The second-order valence-corrected chi connectivity index (χ2v) is 6.38. The summed E-state index contributed by atoms with van der Waals surface area (Å²) < 4.78 is 5.67. The molecule has 0 aromatic heterocycles. The van der Waals surface area contributed by atoms with E-state index in [0.29, 0.717) is 26.0 Å². The molecule has 1 aliphatic heterocycles. The molecule has 1 amide bonds. The Kier molecular flexibility index (Phi) is 3.91. The van der Waals surface area contributed by atoms with Crippen molar-refractivity contribution in [2.45, 2.75) is 57.8 Å². The zero-order valence-electron chi connectivity index (χ0n) is 12.1. The van der Waals surface area contributed by atoms with Crippen molar-refractivity contribution in [3.63, 3.8) is 0 Å². The number of fused-ring (bicyclic) bond motifs is 1. The van der Waals surface area contributed by atoms with Gasteiger partial charge in [-0.1, -0.05) is 20.8 Å². The van der Waals surface area contributed by atoms with Crippen LogP contribution in [0.25, 0.3) is 0 Å². The molecular weight excluding hydrogens is 244 g/mol. The van der Waals surface area contributed by atoms with E-state index in [2.05, 4.69) is 5.32 Å². The van der Waals surface area contributed by atoms with E-state index in [1.807, 2.05) is 20.8 Å². The summed E-state index contributed by atoms with van der Waals surface area (Å²) in [6.07, 6.45) is 1.88. The van der Waals surface area contributed by atoms with E-state index in [-0.39, 0.29) is 29.4 Å². The van der Waals surface area contributed by atoms with E-state index in [9.17, 15) is 9.90 Å². The summed E-state index contributed by atoms with van der Waals surface area (Å²) in [6.45, 7) is 7.09. The minimum Gasteiger partial charge on any atom is -0.393 e. The smallest absolute Gasteiger partial charge is 0.241 e. The third-order valence-corrected chi connectivity index (χ3v) is 5.06. The highest BCUT2D eigenvalue weighted by atomic mass is 16.5. The Morgan fingerprint density at radius 2 is 2.26 bits per heavy atom. The van der Waals surface area contributed by atoms with Crippen molar-refractivity contribution in [2.75, 3.05) is 13.2 Å². The Labute approximate surface area is 114 Å². The number of nitrogens with two attached hydrogens (primary N) is 1. The molecule has 2 rings (SSSR count). The first-order valence-corrected chi connectivity index (χ1v) is 7.22. The monoisotopic (exact) mass is 270 g/mol. The largest absolute Gasteiger partial charge is 0.393 e. The summed E-state index contributed by atoms with van der Waals surface area (Å²) in [5, 5.41) is 12.4. The fraction of sp³-hybridized carbons (Fsp3) is 0.929. The average Bonchev–Trinajstić information content (AvgIpc) is 2.85. The molecule has 4 atom stereocenters. The SMILES string of the molecule is CCC(O)CCNC(=O)C1(N)C2CCOC2C1(C)C. The molecule has 0 bridgehead atoms. The van der Waals surface area contributed by atoms with E-state index >= 15 is 0 Å². The molecule has 2 fully saturated rings. The number of ether oxygens (including phenoxy) is 1. The van der Waals surface area contributed by atoms with Gasteiger partial charge in [0, 0.05) is 24.5 Å². The fourth-order valence-corrected chi connectivity index (χ4v) is 3.55. The van der Waals surface area contributed by atoms with Crippen molar-refractivity contribution in [1.29, 1.82) is 0 Å². The molecule has 0 aromatic carbocycles. The van der Waals surface area contributed by atoms with Crippen LogP contribution in [0.5, 0.6) is 0 Å². The first kappa shape index (κ1) is 14.8. The number of carbonyl (C=O) groups is 1. The summed E-state index contributed by atoms with van der Waals surface area (Å²) in [6, 6.07) is 0. The molecule has 1 heterocycles. The average molecular weight is 270 g/mol. The van der Waals surface area contributed by atoms with Crippen LogP contribution >= 0.6 is 0 Å². The van der Waals surface area contributed by atoms with Crippen molar-refractivity contribution in [3.05, 3.63) is 0 Å². The van der Waals surface area contributed by atoms with Gasteiger partial charge in [0.1, 0.15) is 5.54 Å². The van der Waals surface area contributed by atoms with E-state index in [1.54, 1.807) is 0 Å². The molecule has 19 heavy (non-hydrogen) atoms. The zero-order valence-corrected chi connectivity index (χ0v) is 12.1. The molecule has 1 saturated heterocycles. The third-order valence-electron chi connectivity index (χ3n) is 5.06. The number of amides is 1. The zero-order chi connectivity index (χ0) is 14.3. The summed E-state index contributed by atoms with van der Waals surface area (Å²) in [7, 11) is 0. The molecule has 0 spiro atoms. The molecule has 110 valence electrons. The van der Waals surface area contributed by atoms with Gasteiger partial charge in [-0.15, -0.1) is 0 Å². The molecule has 2 aliphatic rings. The van der Waals surface area contributed by atoms with Crippen LogP contribution in [0.15, 0.2) is 0 Å². The van der Waals surface area contributed by atoms with E-state index < -0.39 is 5.54 Å². The molecule has 4 N–H and O–H groups in total. The molecule has 1 saturated carbocycles. The lowest BCUT2D eigenvalue weighted by Gasteiger charge is -2.60. The lowest BCUT2D eigenvalue weighted by Crippen LogP contribution is -2.80. The van der Waals surface area contributed by atoms with Crippen LogP contribution < -0.4 is 11.1 Å². The number of hydrogen-bond acceptors (Lipinski definition) is 4. The normalized spacial score (nSPS) is 37.3. The summed E-state index contributed by atoms with van der Waals surface area (Å²) in [5.74, 6) is 0.0196. The minimum absolute atomic E-state index is 0.101. The molecule has 4 unspecified atom stereocenters. The van der Waals surface area contributed by atoms with E-state index in [4.69, 9.17) is 10.5 Å². The lowest BCUT2D eigenvalue weighted by molar-refractivity contribution is -0.175. The van der Waals surface area contributed by atoms with Gasteiger partial charge in [-0.2, -0.15) is 0 Å². The van der Waals surface area contributed by atoms with Crippen LogP contribution in [0.2, 0.25) is 0 Å². The number of nitrogens with one attached hydrogen (secondary N) is 1. The maximum atomic E-state index is 12.4. The first-order valence-electron chi connectivity index (χ1n) is 7.22. The molecule has 1 aliphatic carbocycles. The number of rotatable bonds is 5. The highest BCUT2D eigenvalue weighted by molar-refractivity contribution is 5.89. The van der Waals surface area contributed by atoms with Gasteiger partial charge in [0.15, 0.2) is 0 Å². The van der Waals surface area contributed by atoms with Crippen molar-refractivity contribution < 1.29 is 14.6 Å². The number of aliphatic hydroxyl groups is 1. The van der Waals surface area contributed by atoms with Crippen molar-refractivity contribution in [2.24, 2.45) is 17.1 Å². The number of aliphatic hydroxyl groups excluding tert-OH is 1. The maximum Gasteiger partial charge on any atom is 0.241 e. The highest BCUT2D eigenvalue weighted by Gasteiger charge is 2.71. The molecular formula is C14H26N2O3. The molecule has 5 heteroatoms. The number of carbonyl (C=O) groups excluding carboxylic acids is 1. The van der Waals surface area contributed by atoms with Gasteiger partial charge in [-0.25, -0.2) is 0 Å². The quantitative estimate of drug-likeness (QED) is 0.675. The standard InChI is InChI=1S/C14H26N2O3/c1-4-9(17)5-7-16-12(18)14(15)10-6-8-19-11(10)13(14,2)3/h9-11,17H,4-8,15H2,1-3H3,(H,16,18). The van der Waals surface area contributed by atoms with Gasteiger partial charge in [0.05, 0.1) is 12.2 Å². The Morgan fingerprint density at radius 3 is 2.89 bits per heavy atom. The summed E-state index contributed by atoms with van der Waals surface area (Å²) in [4.78, 5) is 12.4. The van der Waals surface area contributed by atoms with Gasteiger partial charge >= 0.3 is 0 Å². The predicted molar refractivity (Wildman–Crippen MR) is 72.5 cm³/mol. The second kappa shape index (κ2) is 5.04. The second-order valence-electron chi connectivity index (χ2n) is 6.38.